The summed E-state index contributed by atoms with van der Waals surface area (Å²) in [5.74, 6) is -0.529. The lowest BCUT2D eigenvalue weighted by molar-refractivity contribution is -0.146. The summed E-state index contributed by atoms with van der Waals surface area (Å²) in [6.07, 6.45) is 3.94. The van der Waals surface area contributed by atoms with Crippen LogP contribution in [-0.2, 0) is 14.4 Å². The van der Waals surface area contributed by atoms with E-state index < -0.39 is 39.8 Å². The Morgan fingerprint density at radius 3 is 2.36 bits per heavy atom. The molecule has 36 heavy (non-hydrogen) atoms. The molecular weight excluding hydrogens is 456 g/mol. The molecular formula is C30H44O6. The highest BCUT2D eigenvalue weighted by Crippen LogP contribution is 2.71. The van der Waals surface area contributed by atoms with Crippen LogP contribution in [0.25, 0.3) is 0 Å². The second-order valence-electron chi connectivity index (χ2n) is 13.5. The normalized spacial score (nSPS) is 43.1. The Morgan fingerprint density at radius 2 is 1.75 bits per heavy atom. The Morgan fingerprint density at radius 1 is 1.11 bits per heavy atom. The molecule has 6 nitrogen and oxygen atoms in total. The maximum absolute atomic E-state index is 14.1. The summed E-state index contributed by atoms with van der Waals surface area (Å²) in [5.41, 5.74) is -0.599. The lowest BCUT2D eigenvalue weighted by Crippen LogP contribution is -2.60. The standard InChI is InChI=1S/C30H44O6/c1-16(9-8-10-17(2)26(35)36)18-13-23(34)30(7)25-19(31)14-21-27(3,4)22(33)11-12-28(21,5)24(25)20(32)15-29(18,30)6/h10,16,18-19,21,23,31,34H,8-9,11-15H2,1-7H3,(H,35,36)/t16-,18-,19+,21?,23+,28+,29-,30+/m1/s1. The topological polar surface area (TPSA) is 112 Å². The predicted molar refractivity (Wildman–Crippen MR) is 137 cm³/mol. The average Bonchev–Trinajstić information content (AvgIpc) is 2.99. The van der Waals surface area contributed by atoms with Gasteiger partial charge < -0.3 is 15.3 Å². The van der Waals surface area contributed by atoms with Crippen molar-refractivity contribution in [3.63, 3.8) is 0 Å². The van der Waals surface area contributed by atoms with Crippen LogP contribution in [-0.4, -0.2) is 45.1 Å². The minimum Gasteiger partial charge on any atom is -0.478 e. The number of fused-ring (bicyclic) bond motifs is 4. The number of carboxylic acids is 1. The molecule has 8 atom stereocenters. The Labute approximate surface area is 215 Å². The fraction of sp³-hybridized carbons (Fsp3) is 0.767. The van der Waals surface area contributed by atoms with Crippen molar-refractivity contribution in [2.45, 2.75) is 106 Å². The summed E-state index contributed by atoms with van der Waals surface area (Å²) in [4.78, 5) is 38.0. The monoisotopic (exact) mass is 500 g/mol. The molecule has 3 N–H and O–H groups in total. The molecule has 0 heterocycles. The number of carboxylic acid groups (broad SMARTS) is 1. The number of carbonyl (C=O) groups is 3. The van der Waals surface area contributed by atoms with E-state index in [1.807, 2.05) is 20.8 Å². The highest BCUT2D eigenvalue weighted by molar-refractivity contribution is 6.01. The fourth-order valence-electron chi connectivity index (χ4n) is 9.04. The van der Waals surface area contributed by atoms with E-state index in [9.17, 15) is 24.6 Å². The maximum Gasteiger partial charge on any atom is 0.330 e. The van der Waals surface area contributed by atoms with Gasteiger partial charge in [-0.15, -0.1) is 0 Å². The van der Waals surface area contributed by atoms with Crippen LogP contribution in [0, 0.1) is 39.4 Å². The summed E-state index contributed by atoms with van der Waals surface area (Å²) in [6, 6.07) is 0. The van der Waals surface area contributed by atoms with Crippen molar-refractivity contribution < 1.29 is 29.7 Å². The molecule has 0 aromatic heterocycles. The molecule has 0 aromatic rings. The van der Waals surface area contributed by atoms with Crippen LogP contribution in [0.4, 0.5) is 0 Å². The number of Topliss-reactive ketones (excluding diaryl/α,β-unsaturated/α-hetero) is 2. The number of hydrogen-bond acceptors (Lipinski definition) is 5. The van der Waals surface area contributed by atoms with Crippen molar-refractivity contribution in [3.8, 4) is 0 Å². The van der Waals surface area contributed by atoms with Crippen molar-refractivity contribution in [1.29, 1.82) is 0 Å². The zero-order valence-corrected chi connectivity index (χ0v) is 23.0. The van der Waals surface area contributed by atoms with Crippen LogP contribution in [0.1, 0.15) is 93.4 Å². The number of carbonyl (C=O) groups excluding carboxylic acids is 2. The van der Waals surface area contributed by atoms with E-state index in [-0.39, 0.29) is 29.3 Å². The maximum atomic E-state index is 14.1. The third-order valence-electron chi connectivity index (χ3n) is 11.5. The molecule has 4 aliphatic rings. The zero-order chi connectivity index (χ0) is 27.0. The zero-order valence-electron chi connectivity index (χ0n) is 23.0. The molecule has 0 saturated heterocycles. The van der Waals surface area contributed by atoms with Gasteiger partial charge in [0.2, 0.25) is 0 Å². The molecule has 4 aliphatic carbocycles. The number of aliphatic carboxylic acids is 1. The van der Waals surface area contributed by atoms with Crippen molar-refractivity contribution >= 4 is 17.5 Å². The molecule has 0 radical (unpaired) electrons. The van der Waals surface area contributed by atoms with Gasteiger partial charge in [0.05, 0.1) is 12.2 Å². The molecule has 4 rings (SSSR count). The Balaban J connectivity index is 1.75. The van der Waals surface area contributed by atoms with Crippen LogP contribution in [0.5, 0.6) is 0 Å². The first-order valence-corrected chi connectivity index (χ1v) is 13.6. The van der Waals surface area contributed by atoms with Crippen molar-refractivity contribution in [1.82, 2.24) is 0 Å². The van der Waals surface area contributed by atoms with Crippen LogP contribution >= 0.6 is 0 Å². The number of ketones is 2. The van der Waals surface area contributed by atoms with Gasteiger partial charge >= 0.3 is 5.97 Å². The SMILES string of the molecule is CC(=CCC[C@@H](C)[C@H]1C[C@H](O)[C@@]2(C)C3=C(C(=O)C[C@]12C)[C@@]1(C)CCC(=O)C(C)(C)C1C[C@@H]3O)C(=O)O. The van der Waals surface area contributed by atoms with Gasteiger partial charge in [-0.1, -0.05) is 47.6 Å². The Bertz CT molecular complexity index is 1050. The fourth-order valence-corrected chi connectivity index (χ4v) is 9.04. The molecule has 200 valence electrons. The van der Waals surface area contributed by atoms with Gasteiger partial charge in [-0.3, -0.25) is 9.59 Å². The quantitative estimate of drug-likeness (QED) is 0.464. The second-order valence-corrected chi connectivity index (χ2v) is 13.5. The van der Waals surface area contributed by atoms with Crippen LogP contribution in [0.15, 0.2) is 22.8 Å². The summed E-state index contributed by atoms with van der Waals surface area (Å²) in [5, 5.41) is 32.4. The van der Waals surface area contributed by atoms with E-state index in [1.54, 1.807) is 13.0 Å². The van der Waals surface area contributed by atoms with E-state index in [0.717, 1.165) is 12.0 Å². The minimum absolute atomic E-state index is 0.0642. The number of aliphatic hydroxyl groups excluding tert-OH is 2. The molecule has 2 fully saturated rings. The third kappa shape index (κ3) is 3.53. The largest absolute Gasteiger partial charge is 0.478 e. The molecule has 2 saturated carbocycles. The van der Waals surface area contributed by atoms with E-state index in [2.05, 4.69) is 20.8 Å². The van der Waals surface area contributed by atoms with Crippen LogP contribution in [0.2, 0.25) is 0 Å². The second kappa shape index (κ2) is 8.62. The van der Waals surface area contributed by atoms with Gasteiger partial charge in [-0.2, -0.15) is 0 Å². The number of hydrogen-bond donors (Lipinski definition) is 3. The molecule has 1 unspecified atom stereocenters. The highest BCUT2D eigenvalue weighted by Gasteiger charge is 2.69. The Hall–Kier alpha value is -1.79. The number of aliphatic hydroxyl groups is 2. The summed E-state index contributed by atoms with van der Waals surface area (Å²) >= 11 is 0. The van der Waals surface area contributed by atoms with Gasteiger partial charge in [0, 0.05) is 40.2 Å². The highest BCUT2D eigenvalue weighted by atomic mass is 16.4. The van der Waals surface area contributed by atoms with Gasteiger partial charge in [0.25, 0.3) is 0 Å². The van der Waals surface area contributed by atoms with Gasteiger partial charge in [-0.05, 0) is 67.8 Å². The summed E-state index contributed by atoms with van der Waals surface area (Å²) in [7, 11) is 0. The molecule has 0 aromatic carbocycles. The first-order valence-electron chi connectivity index (χ1n) is 13.6. The third-order valence-corrected chi connectivity index (χ3v) is 11.5. The number of rotatable bonds is 5. The number of allylic oxidation sites excluding steroid dienone is 2. The molecule has 6 heteroatoms. The van der Waals surface area contributed by atoms with Crippen molar-refractivity contribution in [2.75, 3.05) is 0 Å². The Kier molecular flexibility index (Phi) is 6.53. The van der Waals surface area contributed by atoms with Gasteiger partial charge in [0.1, 0.15) is 5.78 Å². The lowest BCUT2D eigenvalue weighted by atomic mass is 9.42. The lowest BCUT2D eigenvalue weighted by Gasteiger charge is -2.61. The average molecular weight is 501 g/mol. The van der Waals surface area contributed by atoms with Crippen molar-refractivity contribution in [2.24, 2.45) is 39.4 Å². The predicted octanol–water partition coefficient (Wildman–Crippen LogP) is 4.87. The summed E-state index contributed by atoms with van der Waals surface area (Å²) in [6.45, 7) is 13.9. The molecule has 0 bridgehead atoms. The van der Waals surface area contributed by atoms with Crippen molar-refractivity contribution in [3.05, 3.63) is 22.8 Å². The molecule has 0 aliphatic heterocycles. The smallest absolute Gasteiger partial charge is 0.330 e. The minimum atomic E-state index is -0.915. The van der Waals surface area contributed by atoms with E-state index in [1.165, 1.54) is 0 Å². The van der Waals surface area contributed by atoms with E-state index in [0.29, 0.717) is 49.7 Å². The van der Waals surface area contributed by atoms with Gasteiger partial charge in [-0.25, -0.2) is 4.79 Å². The first-order chi connectivity index (χ1) is 16.5. The molecule has 0 amide bonds. The van der Waals surface area contributed by atoms with Crippen LogP contribution < -0.4 is 0 Å². The van der Waals surface area contributed by atoms with Gasteiger partial charge in [0.15, 0.2) is 5.78 Å². The molecule has 0 spiro atoms. The van der Waals surface area contributed by atoms with E-state index in [4.69, 9.17) is 5.11 Å². The van der Waals surface area contributed by atoms with E-state index >= 15 is 0 Å². The first kappa shape index (κ1) is 27.3. The van der Waals surface area contributed by atoms with Crippen LogP contribution in [0.3, 0.4) is 0 Å². The summed E-state index contributed by atoms with van der Waals surface area (Å²) < 4.78 is 0.